The van der Waals surface area contributed by atoms with E-state index in [1.807, 2.05) is 30.5 Å². The second-order valence-electron chi connectivity index (χ2n) is 7.81. The molecule has 6 rings (SSSR count). The molecule has 0 unspecified atom stereocenters. The van der Waals surface area contributed by atoms with Crippen LogP contribution in [0.15, 0.2) is 115 Å². The van der Waals surface area contributed by atoms with Crippen LogP contribution in [0.1, 0.15) is 0 Å². The SMILES string of the molecule is [Ir].[c-]1ccc(-c2cc(-c3ccccc3)nc(-c3ccccc3)c2)c2ccc3cccnc3c12. The van der Waals surface area contributed by atoms with Crippen molar-refractivity contribution >= 4 is 21.7 Å². The van der Waals surface area contributed by atoms with Crippen LogP contribution in [0.5, 0.6) is 0 Å². The standard InChI is InChI=1S/C30H19N2.Ir/c1-3-9-21(10-4-1)28-19-24(20-29(32-28)22-11-5-2-6-12-22)25-14-7-15-27-26(25)17-16-23-13-8-18-31-30(23)27;/h1-14,16-20H;/q-1;. The molecule has 0 amide bonds. The van der Waals surface area contributed by atoms with Gasteiger partial charge >= 0.3 is 0 Å². The minimum Gasteiger partial charge on any atom is -0.304 e. The van der Waals surface area contributed by atoms with E-state index in [1.54, 1.807) is 0 Å². The average Bonchev–Trinajstić information content (AvgIpc) is 2.89. The molecule has 0 saturated heterocycles. The van der Waals surface area contributed by atoms with Gasteiger partial charge in [0.1, 0.15) is 0 Å². The molecule has 0 fully saturated rings. The fraction of sp³-hybridized carbons (Fsp3) is 0. The minimum absolute atomic E-state index is 0. The number of hydrogen-bond donors (Lipinski definition) is 0. The van der Waals surface area contributed by atoms with Crippen LogP contribution < -0.4 is 0 Å². The first-order valence-corrected chi connectivity index (χ1v) is 10.7. The molecule has 2 aromatic heterocycles. The topological polar surface area (TPSA) is 25.8 Å². The summed E-state index contributed by atoms with van der Waals surface area (Å²) in [5.74, 6) is 0. The van der Waals surface area contributed by atoms with Gasteiger partial charge in [0.25, 0.3) is 0 Å². The van der Waals surface area contributed by atoms with E-state index in [0.717, 1.165) is 55.3 Å². The summed E-state index contributed by atoms with van der Waals surface area (Å²) in [5, 5.41) is 3.31. The molecule has 3 heteroatoms. The summed E-state index contributed by atoms with van der Waals surface area (Å²) < 4.78 is 0. The monoisotopic (exact) mass is 600 g/mol. The molecule has 0 bridgehead atoms. The third-order valence-electron chi connectivity index (χ3n) is 5.82. The van der Waals surface area contributed by atoms with E-state index in [1.165, 1.54) is 0 Å². The Morgan fingerprint density at radius 2 is 1.27 bits per heavy atom. The predicted molar refractivity (Wildman–Crippen MR) is 132 cm³/mol. The largest absolute Gasteiger partial charge is 0.304 e. The van der Waals surface area contributed by atoms with E-state index in [0.29, 0.717) is 0 Å². The molecule has 0 N–H and O–H groups in total. The predicted octanol–water partition coefficient (Wildman–Crippen LogP) is 7.58. The molecule has 0 saturated carbocycles. The second kappa shape index (κ2) is 9.07. The van der Waals surface area contributed by atoms with Gasteiger partial charge in [0, 0.05) is 37.4 Å². The van der Waals surface area contributed by atoms with Gasteiger partial charge in [-0.1, -0.05) is 89.8 Å². The van der Waals surface area contributed by atoms with Gasteiger partial charge in [0.15, 0.2) is 0 Å². The molecule has 0 spiro atoms. The number of nitrogens with zero attached hydrogens (tertiary/aromatic N) is 2. The van der Waals surface area contributed by atoms with E-state index in [4.69, 9.17) is 4.98 Å². The van der Waals surface area contributed by atoms with Crippen molar-refractivity contribution < 1.29 is 20.1 Å². The van der Waals surface area contributed by atoms with Crippen molar-refractivity contribution in [2.24, 2.45) is 0 Å². The Hall–Kier alpha value is -3.65. The van der Waals surface area contributed by atoms with Crippen molar-refractivity contribution in [2.45, 2.75) is 0 Å². The van der Waals surface area contributed by atoms with Gasteiger partial charge in [0.05, 0.1) is 11.4 Å². The zero-order valence-corrected chi connectivity index (χ0v) is 20.1. The molecule has 2 nitrogen and oxygen atoms in total. The molecule has 33 heavy (non-hydrogen) atoms. The van der Waals surface area contributed by atoms with Crippen LogP contribution in [-0.4, -0.2) is 9.97 Å². The summed E-state index contributed by atoms with van der Waals surface area (Å²) in [6.45, 7) is 0. The fourth-order valence-electron chi connectivity index (χ4n) is 4.27. The Labute approximate surface area is 206 Å². The Morgan fingerprint density at radius 3 is 1.94 bits per heavy atom. The Bertz CT molecular complexity index is 1500. The Balaban J connectivity index is 0.00000228. The molecule has 0 atom stereocenters. The molecular formula is C30H19IrN2-. The average molecular weight is 600 g/mol. The molecule has 0 aliphatic heterocycles. The molecular weight excluding hydrogens is 581 g/mol. The van der Waals surface area contributed by atoms with E-state index in [-0.39, 0.29) is 20.1 Å². The van der Waals surface area contributed by atoms with E-state index >= 15 is 0 Å². The van der Waals surface area contributed by atoms with Crippen LogP contribution in [0.2, 0.25) is 0 Å². The van der Waals surface area contributed by atoms with Crippen LogP contribution in [0.4, 0.5) is 0 Å². The molecule has 0 aliphatic rings. The molecule has 0 aliphatic carbocycles. The van der Waals surface area contributed by atoms with Crippen LogP contribution >= 0.6 is 0 Å². The maximum absolute atomic E-state index is 5.01. The smallest absolute Gasteiger partial charge is 0.0715 e. The van der Waals surface area contributed by atoms with Crippen LogP contribution in [0.25, 0.3) is 55.3 Å². The normalized spacial score (nSPS) is 10.8. The summed E-state index contributed by atoms with van der Waals surface area (Å²) in [6.07, 6.45) is 1.84. The first-order chi connectivity index (χ1) is 15.9. The first-order valence-electron chi connectivity index (χ1n) is 10.7. The van der Waals surface area contributed by atoms with Crippen molar-refractivity contribution in [3.8, 4) is 33.6 Å². The fourth-order valence-corrected chi connectivity index (χ4v) is 4.27. The maximum Gasteiger partial charge on any atom is 0.0715 e. The van der Waals surface area contributed by atoms with Gasteiger partial charge in [-0.25, -0.2) is 4.98 Å². The minimum atomic E-state index is 0. The Kier molecular flexibility index (Phi) is 5.83. The summed E-state index contributed by atoms with van der Waals surface area (Å²) >= 11 is 0. The van der Waals surface area contributed by atoms with Gasteiger partial charge in [-0.3, -0.25) is 0 Å². The van der Waals surface area contributed by atoms with Gasteiger partial charge in [-0.15, -0.1) is 23.6 Å². The number of aromatic nitrogens is 2. The number of benzene rings is 4. The molecule has 2 heterocycles. The van der Waals surface area contributed by atoms with Crippen molar-refractivity contribution in [1.29, 1.82) is 0 Å². The number of pyridine rings is 2. The van der Waals surface area contributed by atoms with Gasteiger partial charge in [-0.05, 0) is 34.7 Å². The third-order valence-corrected chi connectivity index (χ3v) is 5.82. The van der Waals surface area contributed by atoms with E-state index in [9.17, 15) is 0 Å². The molecule has 159 valence electrons. The van der Waals surface area contributed by atoms with Crippen LogP contribution in [0, 0.1) is 6.07 Å². The van der Waals surface area contributed by atoms with Crippen LogP contribution in [0.3, 0.4) is 0 Å². The maximum atomic E-state index is 5.01. The summed E-state index contributed by atoms with van der Waals surface area (Å²) in [4.78, 5) is 9.64. The zero-order valence-electron chi connectivity index (χ0n) is 17.7. The van der Waals surface area contributed by atoms with Crippen molar-refractivity contribution in [2.75, 3.05) is 0 Å². The second-order valence-corrected chi connectivity index (χ2v) is 7.81. The van der Waals surface area contributed by atoms with Crippen molar-refractivity contribution in [3.05, 3.63) is 121 Å². The first kappa shape index (κ1) is 21.2. The van der Waals surface area contributed by atoms with Gasteiger partial charge in [-0.2, -0.15) is 0 Å². The summed E-state index contributed by atoms with van der Waals surface area (Å²) in [7, 11) is 0. The molecule has 6 aromatic rings. The quantitative estimate of drug-likeness (QED) is 0.155. The third kappa shape index (κ3) is 3.98. The van der Waals surface area contributed by atoms with Gasteiger partial charge < -0.3 is 4.98 Å². The van der Waals surface area contributed by atoms with Gasteiger partial charge in [0.2, 0.25) is 0 Å². The van der Waals surface area contributed by atoms with Crippen molar-refractivity contribution in [3.63, 3.8) is 0 Å². The number of hydrogen-bond acceptors (Lipinski definition) is 2. The molecule has 4 aromatic carbocycles. The molecule has 1 radical (unpaired) electrons. The zero-order chi connectivity index (χ0) is 21.3. The van der Waals surface area contributed by atoms with E-state index < -0.39 is 0 Å². The number of fused-ring (bicyclic) bond motifs is 3. The summed E-state index contributed by atoms with van der Waals surface area (Å²) in [5.41, 5.74) is 7.39. The van der Waals surface area contributed by atoms with Crippen LogP contribution in [-0.2, 0) is 20.1 Å². The Morgan fingerprint density at radius 1 is 0.606 bits per heavy atom. The summed E-state index contributed by atoms with van der Waals surface area (Å²) in [6, 6.07) is 41.0. The number of rotatable bonds is 3. The van der Waals surface area contributed by atoms with E-state index in [2.05, 4.69) is 96.0 Å². The van der Waals surface area contributed by atoms with Crippen molar-refractivity contribution in [1.82, 2.24) is 9.97 Å².